The molecule has 1 aromatic carbocycles. The Morgan fingerprint density at radius 3 is 2.95 bits per heavy atom. The van der Waals surface area contributed by atoms with Gasteiger partial charge >= 0.3 is 0 Å². The van der Waals surface area contributed by atoms with E-state index in [1.54, 1.807) is 12.1 Å². The third-order valence-corrected chi connectivity index (χ3v) is 5.05. The molecule has 0 aliphatic carbocycles. The maximum Gasteiger partial charge on any atom is 0.214 e. The number of rotatable bonds is 7. The maximum absolute atomic E-state index is 13.2. The van der Waals surface area contributed by atoms with E-state index in [-0.39, 0.29) is 11.6 Å². The van der Waals surface area contributed by atoms with Crippen LogP contribution in [0.15, 0.2) is 29.4 Å². The lowest BCUT2D eigenvalue weighted by Crippen LogP contribution is -2.22. The number of halogens is 1. The lowest BCUT2D eigenvalue weighted by atomic mass is 10.3. The lowest BCUT2D eigenvalue weighted by molar-refractivity contribution is 0.587. The van der Waals surface area contributed by atoms with Gasteiger partial charge in [-0.2, -0.15) is 4.68 Å². The van der Waals surface area contributed by atoms with Crippen LogP contribution in [0.4, 0.5) is 4.39 Å². The van der Waals surface area contributed by atoms with Crippen LogP contribution in [0.25, 0.3) is 5.69 Å². The van der Waals surface area contributed by atoms with Gasteiger partial charge in [-0.05, 0) is 42.1 Å². The molecule has 21 heavy (non-hydrogen) atoms. The summed E-state index contributed by atoms with van der Waals surface area (Å²) in [5.74, 6) is 0.202. The second kappa shape index (κ2) is 6.96. The van der Waals surface area contributed by atoms with E-state index in [2.05, 4.69) is 20.2 Å². The summed E-state index contributed by atoms with van der Waals surface area (Å²) < 4.78 is 39.4. The Kier molecular flexibility index (Phi) is 5.26. The predicted molar refractivity (Wildman–Crippen MR) is 77.3 cm³/mol. The minimum Gasteiger partial charge on any atom is -0.218 e. The summed E-state index contributed by atoms with van der Waals surface area (Å²) in [7, 11) is -1.82. The van der Waals surface area contributed by atoms with E-state index in [9.17, 15) is 12.8 Å². The summed E-state index contributed by atoms with van der Waals surface area (Å²) in [6.07, 6.45) is 0.462. The van der Waals surface area contributed by atoms with Gasteiger partial charge < -0.3 is 0 Å². The monoisotopic (exact) mass is 331 g/mol. The van der Waals surface area contributed by atoms with E-state index in [0.717, 1.165) is 0 Å². The standard InChI is InChI=1S/C11H14FN5O2S2/c1-13-21(18,19)7-3-6-20-11-14-15-16-17(11)10-5-2-4-9(12)8-10/h2,4-5,8,13H,3,6-7H2,1H3. The summed E-state index contributed by atoms with van der Waals surface area (Å²) in [4.78, 5) is 0. The molecule has 0 radical (unpaired) electrons. The van der Waals surface area contributed by atoms with Gasteiger partial charge in [0, 0.05) is 5.75 Å². The normalized spacial score (nSPS) is 11.7. The Morgan fingerprint density at radius 2 is 2.24 bits per heavy atom. The minimum atomic E-state index is -3.20. The molecule has 0 spiro atoms. The number of benzene rings is 1. The van der Waals surface area contributed by atoms with E-state index in [0.29, 0.717) is 23.0 Å². The highest BCUT2D eigenvalue weighted by atomic mass is 32.2. The fourth-order valence-electron chi connectivity index (χ4n) is 1.55. The van der Waals surface area contributed by atoms with Crippen LogP contribution in [0.1, 0.15) is 6.42 Å². The van der Waals surface area contributed by atoms with Crippen molar-refractivity contribution in [2.24, 2.45) is 0 Å². The molecule has 10 heteroatoms. The SMILES string of the molecule is CNS(=O)(=O)CCCSc1nnnn1-c1cccc(F)c1. The maximum atomic E-state index is 13.2. The third-order valence-electron chi connectivity index (χ3n) is 2.59. The topological polar surface area (TPSA) is 89.8 Å². The molecule has 0 aliphatic rings. The van der Waals surface area contributed by atoms with Gasteiger partial charge in [-0.15, -0.1) is 5.10 Å². The van der Waals surface area contributed by atoms with E-state index >= 15 is 0 Å². The first-order chi connectivity index (χ1) is 10.0. The molecule has 1 aromatic heterocycles. The van der Waals surface area contributed by atoms with Gasteiger partial charge in [0.15, 0.2) is 0 Å². The van der Waals surface area contributed by atoms with Crippen molar-refractivity contribution in [1.82, 2.24) is 24.9 Å². The molecule has 2 rings (SSSR count). The molecule has 0 saturated carbocycles. The van der Waals surface area contributed by atoms with Crippen LogP contribution >= 0.6 is 11.8 Å². The average Bonchev–Trinajstić information content (AvgIpc) is 2.92. The molecule has 7 nitrogen and oxygen atoms in total. The molecule has 114 valence electrons. The number of thioether (sulfide) groups is 1. The second-order valence-electron chi connectivity index (χ2n) is 4.08. The number of sulfonamides is 1. The summed E-state index contributed by atoms with van der Waals surface area (Å²) in [5.41, 5.74) is 0.519. The number of nitrogens with zero attached hydrogens (tertiary/aromatic N) is 4. The third kappa shape index (κ3) is 4.48. The van der Waals surface area contributed by atoms with Gasteiger partial charge in [0.25, 0.3) is 0 Å². The average molecular weight is 331 g/mol. The van der Waals surface area contributed by atoms with Gasteiger partial charge in [0.1, 0.15) is 5.82 Å². The molecule has 0 atom stereocenters. The molecule has 0 aliphatic heterocycles. The van der Waals surface area contributed by atoms with Crippen LogP contribution in [-0.4, -0.2) is 47.2 Å². The van der Waals surface area contributed by atoms with Crippen LogP contribution in [0.3, 0.4) is 0 Å². The second-order valence-corrected chi connectivity index (χ2v) is 7.19. The fraction of sp³-hybridized carbons (Fsp3) is 0.364. The van der Waals surface area contributed by atoms with E-state index in [1.165, 1.54) is 35.6 Å². The predicted octanol–water partition coefficient (Wildman–Crippen LogP) is 0.833. The molecule has 1 N–H and O–H groups in total. The molecular weight excluding hydrogens is 317 g/mol. The van der Waals surface area contributed by atoms with Crippen LogP contribution < -0.4 is 4.72 Å². The summed E-state index contributed by atoms with van der Waals surface area (Å²) in [6.45, 7) is 0. The summed E-state index contributed by atoms with van der Waals surface area (Å²) in [5, 5.41) is 11.7. The Balaban J connectivity index is 1.98. The number of hydrogen-bond donors (Lipinski definition) is 1. The van der Waals surface area contributed by atoms with Gasteiger partial charge in [0.05, 0.1) is 11.4 Å². The zero-order valence-electron chi connectivity index (χ0n) is 11.2. The molecule has 1 heterocycles. The Hall–Kier alpha value is -1.52. The van der Waals surface area contributed by atoms with Gasteiger partial charge in [-0.1, -0.05) is 17.8 Å². The smallest absolute Gasteiger partial charge is 0.214 e. The van der Waals surface area contributed by atoms with Gasteiger partial charge in [-0.3, -0.25) is 0 Å². The van der Waals surface area contributed by atoms with E-state index in [4.69, 9.17) is 0 Å². The fourth-order valence-corrected chi connectivity index (χ4v) is 3.29. The molecule has 0 amide bonds. The quantitative estimate of drug-likeness (QED) is 0.597. The van der Waals surface area contributed by atoms with Crippen molar-refractivity contribution < 1.29 is 12.8 Å². The zero-order valence-corrected chi connectivity index (χ0v) is 12.9. The molecule has 0 fully saturated rings. The highest BCUT2D eigenvalue weighted by molar-refractivity contribution is 7.99. The zero-order chi connectivity index (χ0) is 15.3. The van der Waals surface area contributed by atoms with Crippen molar-refractivity contribution in [3.05, 3.63) is 30.1 Å². The number of hydrogen-bond acceptors (Lipinski definition) is 6. The molecule has 0 saturated heterocycles. The lowest BCUT2D eigenvalue weighted by Gasteiger charge is -2.04. The van der Waals surface area contributed by atoms with Crippen molar-refractivity contribution in [1.29, 1.82) is 0 Å². The first-order valence-corrected chi connectivity index (χ1v) is 8.74. The first kappa shape index (κ1) is 15.9. The molecule has 0 unspecified atom stereocenters. The van der Waals surface area contributed by atoms with Crippen molar-refractivity contribution in [3.63, 3.8) is 0 Å². The number of tetrazole rings is 1. The Bertz CT molecular complexity index is 704. The van der Waals surface area contributed by atoms with Crippen LogP contribution in [-0.2, 0) is 10.0 Å². The highest BCUT2D eigenvalue weighted by Gasteiger charge is 2.11. The Morgan fingerprint density at radius 1 is 1.43 bits per heavy atom. The van der Waals surface area contributed by atoms with Gasteiger partial charge in [-0.25, -0.2) is 17.5 Å². The Labute approximate surface area is 126 Å². The summed E-state index contributed by atoms with van der Waals surface area (Å²) >= 11 is 1.32. The van der Waals surface area contributed by atoms with Crippen LogP contribution in [0.5, 0.6) is 0 Å². The van der Waals surface area contributed by atoms with Crippen molar-refractivity contribution >= 4 is 21.8 Å². The molecule has 0 bridgehead atoms. The van der Waals surface area contributed by atoms with Gasteiger partial charge in [0.2, 0.25) is 15.2 Å². The highest BCUT2D eigenvalue weighted by Crippen LogP contribution is 2.19. The summed E-state index contributed by atoms with van der Waals surface area (Å²) in [6, 6.07) is 5.92. The van der Waals surface area contributed by atoms with Crippen molar-refractivity contribution in [3.8, 4) is 5.69 Å². The number of nitrogens with one attached hydrogen (secondary N) is 1. The minimum absolute atomic E-state index is 0.0397. The van der Waals surface area contributed by atoms with Crippen molar-refractivity contribution in [2.45, 2.75) is 11.6 Å². The largest absolute Gasteiger partial charge is 0.218 e. The van der Waals surface area contributed by atoms with E-state index < -0.39 is 10.0 Å². The van der Waals surface area contributed by atoms with Crippen LogP contribution in [0.2, 0.25) is 0 Å². The van der Waals surface area contributed by atoms with E-state index in [1.807, 2.05) is 0 Å². The molecule has 2 aromatic rings. The van der Waals surface area contributed by atoms with Crippen LogP contribution in [0, 0.1) is 5.82 Å². The number of aromatic nitrogens is 4. The first-order valence-electron chi connectivity index (χ1n) is 6.10. The van der Waals surface area contributed by atoms with Crippen molar-refractivity contribution in [2.75, 3.05) is 18.6 Å². The molecular formula is C11H14FN5O2S2.